The van der Waals surface area contributed by atoms with Crippen LogP contribution in [0.1, 0.15) is 29.2 Å². The van der Waals surface area contributed by atoms with Crippen molar-refractivity contribution < 1.29 is 4.74 Å². The molecule has 138 valence electrons. The SMILES string of the molecule is Cn1cc(-n2ncc3ccc(O[C@H]4CCc5cc(C#N)c(Cl)cc54)cc32)cn1. The fourth-order valence-corrected chi connectivity index (χ4v) is 3.97. The van der Waals surface area contributed by atoms with Gasteiger partial charge in [0.15, 0.2) is 0 Å². The van der Waals surface area contributed by atoms with Gasteiger partial charge in [-0.25, -0.2) is 4.68 Å². The van der Waals surface area contributed by atoms with Crippen LogP contribution in [0.3, 0.4) is 0 Å². The maximum Gasteiger partial charge on any atom is 0.124 e. The van der Waals surface area contributed by atoms with Gasteiger partial charge < -0.3 is 4.74 Å². The Bertz CT molecular complexity index is 1250. The summed E-state index contributed by atoms with van der Waals surface area (Å²) in [7, 11) is 1.88. The minimum atomic E-state index is -0.0764. The summed E-state index contributed by atoms with van der Waals surface area (Å²) in [5.74, 6) is 0.775. The van der Waals surface area contributed by atoms with Gasteiger partial charge in [0.1, 0.15) is 23.6 Å². The zero-order valence-electron chi connectivity index (χ0n) is 15.1. The Morgan fingerprint density at radius 2 is 2.11 bits per heavy atom. The molecule has 6 nitrogen and oxygen atoms in total. The maximum atomic E-state index is 9.17. The number of nitriles is 1. The molecule has 0 aliphatic heterocycles. The lowest BCUT2D eigenvalue weighted by Gasteiger charge is -2.16. The van der Waals surface area contributed by atoms with E-state index in [1.54, 1.807) is 10.9 Å². The Hall–Kier alpha value is -3.30. The third-order valence-corrected chi connectivity index (χ3v) is 5.44. The molecule has 0 amide bonds. The lowest BCUT2D eigenvalue weighted by Crippen LogP contribution is -2.04. The van der Waals surface area contributed by atoms with Gasteiger partial charge in [-0.1, -0.05) is 11.6 Å². The van der Waals surface area contributed by atoms with E-state index in [4.69, 9.17) is 16.3 Å². The minimum Gasteiger partial charge on any atom is -0.486 e. The quantitative estimate of drug-likeness (QED) is 0.522. The number of halogens is 1. The molecule has 7 heteroatoms. The normalized spacial score (nSPS) is 15.5. The Balaban J connectivity index is 1.49. The molecular formula is C21H16ClN5O. The van der Waals surface area contributed by atoms with Crippen LogP contribution < -0.4 is 4.74 Å². The van der Waals surface area contributed by atoms with Crippen LogP contribution in [0.4, 0.5) is 0 Å². The van der Waals surface area contributed by atoms with E-state index in [1.165, 1.54) is 0 Å². The van der Waals surface area contributed by atoms with Gasteiger partial charge in [-0.2, -0.15) is 15.5 Å². The Kier molecular flexibility index (Phi) is 3.85. The second-order valence-electron chi connectivity index (χ2n) is 6.94. The highest BCUT2D eigenvalue weighted by Gasteiger charge is 2.26. The molecule has 2 aromatic heterocycles. The van der Waals surface area contributed by atoms with E-state index in [0.717, 1.165) is 46.3 Å². The second kappa shape index (κ2) is 6.39. The second-order valence-corrected chi connectivity index (χ2v) is 7.34. The van der Waals surface area contributed by atoms with E-state index in [0.29, 0.717) is 10.6 Å². The molecule has 5 rings (SSSR count). The van der Waals surface area contributed by atoms with Crippen molar-refractivity contribution in [2.24, 2.45) is 7.05 Å². The minimum absolute atomic E-state index is 0.0764. The predicted octanol–water partition coefficient (Wildman–Crippen LogP) is 4.35. The van der Waals surface area contributed by atoms with E-state index in [-0.39, 0.29) is 6.10 Å². The van der Waals surface area contributed by atoms with Crippen molar-refractivity contribution in [2.45, 2.75) is 18.9 Å². The summed E-state index contributed by atoms with van der Waals surface area (Å²) in [5, 5.41) is 19.4. The highest BCUT2D eigenvalue weighted by Crippen LogP contribution is 2.38. The first-order valence-electron chi connectivity index (χ1n) is 8.98. The molecule has 1 aliphatic carbocycles. The first-order valence-corrected chi connectivity index (χ1v) is 9.36. The lowest BCUT2D eigenvalue weighted by atomic mass is 10.1. The highest BCUT2D eigenvalue weighted by molar-refractivity contribution is 6.31. The molecule has 1 atom stereocenters. The average Bonchev–Trinajstić information content (AvgIpc) is 3.40. The lowest BCUT2D eigenvalue weighted by molar-refractivity contribution is 0.208. The number of hydrogen-bond acceptors (Lipinski definition) is 4. The van der Waals surface area contributed by atoms with Crippen molar-refractivity contribution >= 4 is 22.5 Å². The molecule has 2 aromatic carbocycles. The molecule has 0 bridgehead atoms. The summed E-state index contributed by atoms with van der Waals surface area (Å²) in [6, 6.07) is 11.8. The first-order chi connectivity index (χ1) is 13.6. The molecule has 0 saturated carbocycles. The Morgan fingerprint density at radius 3 is 2.89 bits per heavy atom. The van der Waals surface area contributed by atoms with Crippen molar-refractivity contribution in [2.75, 3.05) is 0 Å². The van der Waals surface area contributed by atoms with Crippen LogP contribution in [0.25, 0.3) is 16.6 Å². The molecule has 0 spiro atoms. The van der Waals surface area contributed by atoms with Gasteiger partial charge in [-0.15, -0.1) is 0 Å². The Morgan fingerprint density at radius 1 is 1.21 bits per heavy atom. The number of benzene rings is 2. The van der Waals surface area contributed by atoms with Gasteiger partial charge in [0.2, 0.25) is 0 Å². The molecule has 2 heterocycles. The fraction of sp³-hybridized carbons (Fsp3) is 0.190. The van der Waals surface area contributed by atoms with E-state index in [1.807, 2.05) is 54.5 Å². The summed E-state index contributed by atoms with van der Waals surface area (Å²) in [5.41, 5.74) is 4.57. The van der Waals surface area contributed by atoms with Crippen LogP contribution in [0, 0.1) is 11.3 Å². The molecule has 28 heavy (non-hydrogen) atoms. The number of ether oxygens (including phenoxy) is 1. The summed E-state index contributed by atoms with van der Waals surface area (Å²) in [6.07, 6.45) is 7.19. The van der Waals surface area contributed by atoms with Crippen LogP contribution in [0.5, 0.6) is 5.75 Å². The monoisotopic (exact) mass is 389 g/mol. The number of aromatic nitrogens is 4. The maximum absolute atomic E-state index is 9.17. The van der Waals surface area contributed by atoms with Gasteiger partial charge in [0, 0.05) is 18.5 Å². The smallest absolute Gasteiger partial charge is 0.124 e. The fourth-order valence-electron chi connectivity index (χ4n) is 3.76. The predicted molar refractivity (Wildman–Crippen MR) is 106 cm³/mol. The van der Waals surface area contributed by atoms with Crippen molar-refractivity contribution in [3.63, 3.8) is 0 Å². The van der Waals surface area contributed by atoms with Crippen molar-refractivity contribution in [1.29, 1.82) is 5.26 Å². The van der Waals surface area contributed by atoms with Gasteiger partial charge in [0.25, 0.3) is 0 Å². The van der Waals surface area contributed by atoms with Gasteiger partial charge in [-0.05, 0) is 48.2 Å². The summed E-state index contributed by atoms with van der Waals surface area (Å²) in [4.78, 5) is 0. The van der Waals surface area contributed by atoms with Gasteiger partial charge in [0.05, 0.1) is 34.7 Å². The first kappa shape index (κ1) is 16.8. The molecule has 0 fully saturated rings. The third-order valence-electron chi connectivity index (χ3n) is 5.13. The van der Waals surface area contributed by atoms with E-state index < -0.39 is 0 Å². The van der Waals surface area contributed by atoms with E-state index in [9.17, 15) is 5.26 Å². The standard InChI is InChI=1S/C21H16ClN5O/c1-26-12-16(11-24-26)27-20-7-17(4-2-14(20)10-25-27)28-21-5-3-13-6-15(9-23)19(22)8-18(13)21/h2,4,6-8,10-12,21H,3,5H2,1H3/t21-/m0/s1. The van der Waals surface area contributed by atoms with Crippen LogP contribution in [0.15, 0.2) is 48.9 Å². The zero-order chi connectivity index (χ0) is 19.3. The van der Waals surface area contributed by atoms with Crippen LogP contribution >= 0.6 is 11.6 Å². The number of nitrogens with zero attached hydrogens (tertiary/aromatic N) is 5. The van der Waals surface area contributed by atoms with Gasteiger partial charge >= 0.3 is 0 Å². The molecule has 0 radical (unpaired) electrons. The van der Waals surface area contributed by atoms with Crippen LogP contribution in [-0.2, 0) is 13.5 Å². The third kappa shape index (κ3) is 2.72. The number of hydrogen-bond donors (Lipinski definition) is 0. The van der Waals surface area contributed by atoms with Crippen LogP contribution in [0.2, 0.25) is 5.02 Å². The molecular weight excluding hydrogens is 374 g/mol. The summed E-state index contributed by atoms with van der Waals surface area (Å²) in [6.45, 7) is 0. The van der Waals surface area contributed by atoms with Crippen molar-refractivity contribution in [1.82, 2.24) is 19.6 Å². The number of fused-ring (bicyclic) bond motifs is 2. The molecule has 4 aromatic rings. The molecule has 0 N–H and O–H groups in total. The summed E-state index contributed by atoms with van der Waals surface area (Å²) < 4.78 is 9.90. The Labute approximate surface area is 166 Å². The summed E-state index contributed by atoms with van der Waals surface area (Å²) >= 11 is 6.23. The number of rotatable bonds is 3. The highest BCUT2D eigenvalue weighted by atomic mass is 35.5. The van der Waals surface area contributed by atoms with E-state index >= 15 is 0 Å². The van der Waals surface area contributed by atoms with Crippen LogP contribution in [-0.4, -0.2) is 19.6 Å². The zero-order valence-corrected chi connectivity index (χ0v) is 15.9. The molecule has 0 saturated heterocycles. The van der Waals surface area contributed by atoms with E-state index in [2.05, 4.69) is 16.3 Å². The van der Waals surface area contributed by atoms with Crippen molar-refractivity contribution in [3.8, 4) is 17.5 Å². The number of aryl methyl sites for hydroxylation is 2. The molecule has 1 aliphatic rings. The largest absolute Gasteiger partial charge is 0.486 e. The molecule has 0 unspecified atom stereocenters. The topological polar surface area (TPSA) is 68.7 Å². The average molecular weight is 390 g/mol. The van der Waals surface area contributed by atoms with Gasteiger partial charge in [-0.3, -0.25) is 4.68 Å². The van der Waals surface area contributed by atoms with Crippen molar-refractivity contribution in [3.05, 3.63) is 70.6 Å².